The summed E-state index contributed by atoms with van der Waals surface area (Å²) < 4.78 is 0. The van der Waals surface area contributed by atoms with Crippen LogP contribution in [0.5, 0.6) is 0 Å². The van der Waals surface area contributed by atoms with Crippen LogP contribution in [0.1, 0.15) is 25.0 Å². The quantitative estimate of drug-likeness (QED) is 0.0848. The van der Waals surface area contributed by atoms with E-state index in [9.17, 15) is 0 Å². The number of nitrogens with zero attached hydrogens (tertiary/aromatic N) is 3. The van der Waals surface area contributed by atoms with Crippen LogP contribution in [-0.2, 0) is 5.41 Å². The summed E-state index contributed by atoms with van der Waals surface area (Å²) in [5, 5.41) is 9.81. The first kappa shape index (κ1) is 84.1. The molecule has 0 amide bonds. The van der Waals surface area contributed by atoms with Gasteiger partial charge in [0.25, 0.3) is 0 Å². The van der Waals surface area contributed by atoms with Crippen molar-refractivity contribution in [2.75, 3.05) is 14.7 Å². The van der Waals surface area contributed by atoms with Crippen LogP contribution in [0.15, 0.2) is 552 Å². The molecule has 24 rings (SSSR count). The second-order valence-corrected chi connectivity index (χ2v) is 35.4. The highest BCUT2D eigenvalue weighted by molar-refractivity contribution is 6.06. The molecule has 0 radical (unpaired) electrons. The molecule has 1 aliphatic carbocycles. The van der Waals surface area contributed by atoms with Gasteiger partial charge in [0.15, 0.2) is 0 Å². The molecule has 3 nitrogen and oxygen atoms in total. The minimum atomic E-state index is -0.0636. The summed E-state index contributed by atoms with van der Waals surface area (Å²) in [7, 11) is 0. The van der Waals surface area contributed by atoms with Crippen molar-refractivity contribution in [3.05, 3.63) is 563 Å². The Labute approximate surface area is 797 Å². The second kappa shape index (κ2) is 37.8. The fraction of sp³-hybridized carbons (Fsp3) is 0.0226. The second-order valence-electron chi connectivity index (χ2n) is 35.4. The molecule has 0 bridgehead atoms. The van der Waals surface area contributed by atoms with Crippen molar-refractivity contribution in [2.45, 2.75) is 19.3 Å². The number of fused-ring (bicyclic) bond motifs is 7. The molecule has 0 N–H and O–H groups in total. The fourth-order valence-electron chi connectivity index (χ4n) is 20.1. The van der Waals surface area contributed by atoms with Gasteiger partial charge in [-0.3, -0.25) is 0 Å². The van der Waals surface area contributed by atoms with Gasteiger partial charge in [0.2, 0.25) is 0 Å². The third-order valence-corrected chi connectivity index (χ3v) is 26.8. The van der Waals surface area contributed by atoms with Gasteiger partial charge in [-0.15, -0.1) is 0 Å². The molecule has 0 aliphatic heterocycles. The van der Waals surface area contributed by atoms with E-state index in [1.165, 1.54) is 165 Å². The van der Waals surface area contributed by atoms with Crippen LogP contribution in [0.25, 0.3) is 154 Å². The van der Waals surface area contributed by atoms with E-state index >= 15 is 0 Å². The maximum Gasteiger partial charge on any atom is 0.0540 e. The highest BCUT2D eigenvalue weighted by Crippen LogP contribution is 2.53. The summed E-state index contributed by atoms with van der Waals surface area (Å²) in [5.41, 5.74) is 37.4. The molecule has 0 atom stereocenters. The third-order valence-electron chi connectivity index (χ3n) is 26.8. The molecule has 0 saturated heterocycles. The molecule has 0 saturated carbocycles. The first-order chi connectivity index (χ1) is 67.2. The number of benzene rings is 23. The Hall–Kier alpha value is -17.5. The van der Waals surface area contributed by atoms with Crippen LogP contribution in [-0.4, -0.2) is 0 Å². The number of hydrogen-bond acceptors (Lipinski definition) is 3. The zero-order chi connectivity index (χ0) is 91.1. The lowest BCUT2D eigenvalue weighted by Gasteiger charge is -2.28. The molecule has 136 heavy (non-hydrogen) atoms. The Morgan fingerprint density at radius 2 is 0.368 bits per heavy atom. The van der Waals surface area contributed by atoms with E-state index in [-0.39, 0.29) is 5.41 Å². The van der Waals surface area contributed by atoms with Crippen molar-refractivity contribution in [3.8, 4) is 111 Å². The Balaban J connectivity index is 0.000000119. The molecule has 23 aromatic carbocycles. The van der Waals surface area contributed by atoms with Gasteiger partial charge < -0.3 is 14.7 Å². The summed E-state index contributed by atoms with van der Waals surface area (Å²) in [5.74, 6) is 0. The monoisotopic (exact) mass is 1740 g/mol. The largest absolute Gasteiger partial charge is 0.310 e. The lowest BCUT2D eigenvalue weighted by atomic mass is 9.81. The van der Waals surface area contributed by atoms with Gasteiger partial charge in [0, 0.05) is 55.7 Å². The highest BCUT2D eigenvalue weighted by Gasteiger charge is 2.36. The standard InChI is InChI=1S/C49H37N.C44H31N.C40H29N/c1-49(2)46-22-12-11-21-43(46)44-30-26-38(32-47(44)49)41-31-29-40(33-45(41)37-16-7-4-8-17-37)50(48-23-13-19-36-18-9-10-20-42(36)48)39-27-24-35(25-28-39)34-14-5-3-6-15-34;1-3-13-32(14-4-1)33-25-27-37(28-26-33)45(44-24-12-20-35-18-8-10-22-40(35)44)38-29-30-42(43(31-38)36-15-5-2-6-16-36)41-23-11-19-34-17-7-9-21-39(34)41;1-4-13-30(14-5-1)31-23-25-35(26-24-31)41(40-22-12-20-33-19-10-11-21-38(33)40)36-27-28-37(32-15-6-2-7-16-32)39(29-36)34-17-8-3-9-18-34/h3-33H,1-2H3;1-31H;1-29H. The molecule has 0 spiro atoms. The highest BCUT2D eigenvalue weighted by atomic mass is 15.2. The fourth-order valence-corrected chi connectivity index (χ4v) is 20.1. The maximum absolute atomic E-state index is 2.43. The van der Waals surface area contributed by atoms with E-state index in [2.05, 4.69) is 581 Å². The Morgan fingerprint density at radius 1 is 0.132 bits per heavy atom. The summed E-state index contributed by atoms with van der Waals surface area (Å²) in [6, 6.07) is 199. The van der Waals surface area contributed by atoms with Gasteiger partial charge in [0.1, 0.15) is 0 Å². The predicted molar refractivity (Wildman–Crippen MR) is 580 cm³/mol. The smallest absolute Gasteiger partial charge is 0.0540 e. The Bertz CT molecular complexity index is 8170. The zero-order valence-corrected chi connectivity index (χ0v) is 75.9. The number of anilines is 9. The summed E-state index contributed by atoms with van der Waals surface area (Å²) in [4.78, 5) is 7.20. The SMILES string of the molecule is CC1(C)c2ccccc2-c2ccc(-c3ccc(N(c4ccc(-c5ccccc5)cc4)c4cccc5ccccc45)cc3-c3ccccc3)cc21.c1ccc(-c2ccc(N(c3ccc(-c4cccc5ccccc45)c(-c4ccccc4)c3)c3cccc4ccccc34)cc2)cc1.c1ccc(-c2ccc(N(c3ccc(-c4ccccc4)c(-c4ccccc4)c3)c3cccc4ccccc34)cc2)cc1. The molecule has 0 fully saturated rings. The maximum atomic E-state index is 2.43. The van der Waals surface area contributed by atoms with Gasteiger partial charge in [-0.1, -0.05) is 469 Å². The van der Waals surface area contributed by atoms with Crippen molar-refractivity contribution >= 4 is 94.3 Å². The first-order valence-corrected chi connectivity index (χ1v) is 46.9. The Kier molecular flexibility index (Phi) is 23.3. The normalized spacial score (nSPS) is 11.7. The lowest BCUT2D eigenvalue weighted by molar-refractivity contribution is 0.660. The van der Waals surface area contributed by atoms with Crippen molar-refractivity contribution in [1.82, 2.24) is 0 Å². The average Bonchev–Trinajstić information content (AvgIpc) is 1.56. The van der Waals surface area contributed by atoms with E-state index in [0.29, 0.717) is 0 Å². The molecule has 3 heteroatoms. The summed E-state index contributed by atoms with van der Waals surface area (Å²) in [6.45, 7) is 4.71. The molecule has 1 aliphatic rings. The van der Waals surface area contributed by atoms with Crippen LogP contribution in [0.3, 0.4) is 0 Å². The van der Waals surface area contributed by atoms with Crippen LogP contribution >= 0.6 is 0 Å². The van der Waals surface area contributed by atoms with Gasteiger partial charge >= 0.3 is 0 Å². The molecular formula is C133H97N3. The van der Waals surface area contributed by atoms with E-state index in [4.69, 9.17) is 0 Å². The van der Waals surface area contributed by atoms with Crippen molar-refractivity contribution in [1.29, 1.82) is 0 Å². The number of rotatable bonds is 18. The molecule has 0 unspecified atom stereocenters. The lowest BCUT2D eigenvalue weighted by Crippen LogP contribution is -2.15. The Morgan fingerprint density at radius 3 is 0.743 bits per heavy atom. The van der Waals surface area contributed by atoms with Gasteiger partial charge in [0.05, 0.1) is 17.1 Å². The van der Waals surface area contributed by atoms with Crippen LogP contribution < -0.4 is 14.7 Å². The summed E-state index contributed by atoms with van der Waals surface area (Å²) in [6.07, 6.45) is 0. The zero-order valence-electron chi connectivity index (χ0n) is 75.9. The van der Waals surface area contributed by atoms with Crippen molar-refractivity contribution in [2.24, 2.45) is 0 Å². The van der Waals surface area contributed by atoms with Crippen LogP contribution in [0.2, 0.25) is 0 Å². The topological polar surface area (TPSA) is 9.72 Å². The molecule has 23 aromatic rings. The first-order valence-electron chi connectivity index (χ1n) is 46.9. The molecule has 644 valence electrons. The molecular weight excluding hydrogens is 1640 g/mol. The van der Waals surface area contributed by atoms with Gasteiger partial charge in [-0.25, -0.2) is 0 Å². The minimum absolute atomic E-state index is 0.0636. The van der Waals surface area contributed by atoms with E-state index in [0.717, 1.165) is 51.2 Å². The van der Waals surface area contributed by atoms with Crippen molar-refractivity contribution in [3.63, 3.8) is 0 Å². The predicted octanol–water partition coefficient (Wildman–Crippen LogP) is 37.4. The third kappa shape index (κ3) is 16.9. The van der Waals surface area contributed by atoms with E-state index in [1.54, 1.807) is 0 Å². The van der Waals surface area contributed by atoms with Crippen LogP contribution in [0, 0.1) is 0 Å². The van der Waals surface area contributed by atoms with Gasteiger partial charge in [-0.05, 0) is 246 Å². The van der Waals surface area contributed by atoms with Crippen molar-refractivity contribution < 1.29 is 0 Å². The van der Waals surface area contributed by atoms with Crippen LogP contribution in [0.4, 0.5) is 51.2 Å². The summed E-state index contributed by atoms with van der Waals surface area (Å²) >= 11 is 0. The molecule has 0 heterocycles. The molecule has 0 aromatic heterocycles. The average molecular weight is 1740 g/mol. The van der Waals surface area contributed by atoms with Gasteiger partial charge in [-0.2, -0.15) is 0 Å². The van der Waals surface area contributed by atoms with E-state index < -0.39 is 0 Å². The minimum Gasteiger partial charge on any atom is -0.310 e. The number of hydrogen-bond donors (Lipinski definition) is 0. The van der Waals surface area contributed by atoms with E-state index in [1.807, 2.05) is 0 Å².